The van der Waals surface area contributed by atoms with Crippen LogP contribution in [0.4, 0.5) is 0 Å². The molecule has 0 radical (unpaired) electrons. The Hall–Kier alpha value is -0.870. The Bertz CT molecular complexity index is 446. The highest BCUT2D eigenvalue weighted by Crippen LogP contribution is 2.39. The molecule has 92 valence electrons. The summed E-state index contributed by atoms with van der Waals surface area (Å²) >= 11 is 11.5. The van der Waals surface area contributed by atoms with Crippen molar-refractivity contribution in [2.75, 3.05) is 6.54 Å². The molecule has 2 rings (SSSR count). The minimum Gasteiger partial charge on any atom is -0.351 e. The van der Waals surface area contributed by atoms with E-state index in [9.17, 15) is 4.79 Å². The number of aromatic nitrogens is 2. The molecule has 4 nitrogen and oxygen atoms in total. The van der Waals surface area contributed by atoms with Gasteiger partial charge in [0, 0.05) is 6.54 Å². The lowest BCUT2D eigenvalue weighted by molar-refractivity contribution is 0.0890. The standard InChI is InChI=1S/C11H13Cl2N3O/c1-11(3-2-4-11)6-14-10(17)7-5-8(12)15-16-9(7)13/h5H,2-4,6H2,1H3,(H,14,17). The van der Waals surface area contributed by atoms with Gasteiger partial charge in [-0.3, -0.25) is 4.79 Å². The maximum Gasteiger partial charge on any atom is 0.254 e. The van der Waals surface area contributed by atoms with Crippen LogP contribution in [0.1, 0.15) is 36.5 Å². The van der Waals surface area contributed by atoms with E-state index in [4.69, 9.17) is 23.2 Å². The summed E-state index contributed by atoms with van der Waals surface area (Å²) < 4.78 is 0. The number of amides is 1. The van der Waals surface area contributed by atoms with Crippen LogP contribution < -0.4 is 5.32 Å². The van der Waals surface area contributed by atoms with Crippen molar-refractivity contribution in [3.63, 3.8) is 0 Å². The first-order chi connectivity index (χ1) is 8.00. The number of halogens is 2. The van der Waals surface area contributed by atoms with Crippen LogP contribution in [0.3, 0.4) is 0 Å². The van der Waals surface area contributed by atoms with E-state index in [2.05, 4.69) is 22.4 Å². The molecule has 1 amide bonds. The lowest BCUT2D eigenvalue weighted by Crippen LogP contribution is -2.40. The van der Waals surface area contributed by atoms with Gasteiger partial charge >= 0.3 is 0 Å². The smallest absolute Gasteiger partial charge is 0.254 e. The molecule has 6 heteroatoms. The Labute approximate surface area is 110 Å². The number of hydrogen-bond donors (Lipinski definition) is 1. The second-order valence-electron chi connectivity index (χ2n) is 4.72. The van der Waals surface area contributed by atoms with Crippen LogP contribution in [0.25, 0.3) is 0 Å². The Morgan fingerprint density at radius 2 is 2.18 bits per heavy atom. The lowest BCUT2D eigenvalue weighted by atomic mass is 9.70. The van der Waals surface area contributed by atoms with Crippen LogP contribution in [0.15, 0.2) is 6.07 Å². The first-order valence-electron chi connectivity index (χ1n) is 5.47. The van der Waals surface area contributed by atoms with Crippen LogP contribution in [0.5, 0.6) is 0 Å². The molecule has 1 N–H and O–H groups in total. The summed E-state index contributed by atoms with van der Waals surface area (Å²) in [5.41, 5.74) is 0.501. The molecule has 1 aliphatic rings. The molecule has 0 bridgehead atoms. The Kier molecular flexibility index (Phi) is 3.54. The van der Waals surface area contributed by atoms with Gasteiger partial charge in [-0.2, -0.15) is 0 Å². The molecule has 17 heavy (non-hydrogen) atoms. The van der Waals surface area contributed by atoms with Crippen molar-refractivity contribution in [1.82, 2.24) is 15.5 Å². The zero-order valence-electron chi connectivity index (χ0n) is 9.46. The highest BCUT2D eigenvalue weighted by molar-refractivity contribution is 6.34. The fraction of sp³-hybridized carbons (Fsp3) is 0.545. The highest BCUT2D eigenvalue weighted by atomic mass is 35.5. The van der Waals surface area contributed by atoms with Gasteiger partial charge in [-0.15, -0.1) is 10.2 Å². The number of nitrogens with one attached hydrogen (secondary N) is 1. The Morgan fingerprint density at radius 3 is 2.76 bits per heavy atom. The topological polar surface area (TPSA) is 54.9 Å². The third kappa shape index (κ3) is 2.87. The summed E-state index contributed by atoms with van der Waals surface area (Å²) in [6, 6.07) is 1.43. The van der Waals surface area contributed by atoms with E-state index in [1.54, 1.807) is 0 Å². The average molecular weight is 274 g/mol. The molecule has 1 aromatic rings. The van der Waals surface area contributed by atoms with Gasteiger partial charge in [0.25, 0.3) is 5.91 Å². The van der Waals surface area contributed by atoms with E-state index in [1.807, 2.05) is 0 Å². The van der Waals surface area contributed by atoms with Crippen LogP contribution in [-0.4, -0.2) is 22.6 Å². The molecule has 1 aromatic heterocycles. The molecule has 0 unspecified atom stereocenters. The van der Waals surface area contributed by atoms with E-state index < -0.39 is 0 Å². The van der Waals surface area contributed by atoms with E-state index >= 15 is 0 Å². The maximum atomic E-state index is 11.9. The molecular formula is C11H13Cl2N3O. The van der Waals surface area contributed by atoms with Crippen LogP contribution in [0, 0.1) is 5.41 Å². The van der Waals surface area contributed by atoms with Gasteiger partial charge in [0.05, 0.1) is 5.56 Å². The fourth-order valence-corrected chi connectivity index (χ4v) is 2.18. The average Bonchev–Trinajstić information content (AvgIpc) is 2.26. The monoisotopic (exact) mass is 273 g/mol. The third-order valence-electron chi connectivity index (χ3n) is 3.20. The van der Waals surface area contributed by atoms with Crippen LogP contribution >= 0.6 is 23.2 Å². The molecule has 0 saturated heterocycles. The van der Waals surface area contributed by atoms with Crippen molar-refractivity contribution in [3.05, 3.63) is 21.9 Å². The Balaban J connectivity index is 2.01. The SMILES string of the molecule is CC1(CNC(=O)c2cc(Cl)nnc2Cl)CCC1. The van der Waals surface area contributed by atoms with Crippen LogP contribution in [0.2, 0.25) is 10.3 Å². The molecule has 1 aliphatic carbocycles. The second kappa shape index (κ2) is 4.78. The summed E-state index contributed by atoms with van der Waals surface area (Å²) in [5.74, 6) is -0.250. The lowest BCUT2D eigenvalue weighted by Gasteiger charge is -2.38. The van der Waals surface area contributed by atoms with Gasteiger partial charge in [0.1, 0.15) is 0 Å². The zero-order valence-corrected chi connectivity index (χ0v) is 11.0. The van der Waals surface area contributed by atoms with Crippen molar-refractivity contribution in [2.45, 2.75) is 26.2 Å². The predicted molar refractivity (Wildman–Crippen MR) is 66.3 cm³/mol. The van der Waals surface area contributed by atoms with Gasteiger partial charge < -0.3 is 5.32 Å². The molecule has 0 aliphatic heterocycles. The molecule has 0 spiro atoms. The van der Waals surface area contributed by atoms with Crippen LogP contribution in [-0.2, 0) is 0 Å². The number of hydrogen-bond acceptors (Lipinski definition) is 3. The van der Waals surface area contributed by atoms with Gasteiger partial charge in [-0.1, -0.05) is 36.5 Å². The second-order valence-corrected chi connectivity index (χ2v) is 5.46. The van der Waals surface area contributed by atoms with Gasteiger partial charge in [-0.05, 0) is 24.3 Å². The molecular weight excluding hydrogens is 261 g/mol. The first-order valence-corrected chi connectivity index (χ1v) is 6.23. The molecule has 0 aromatic carbocycles. The van der Waals surface area contributed by atoms with Gasteiger partial charge in [-0.25, -0.2) is 0 Å². The van der Waals surface area contributed by atoms with Gasteiger partial charge in [0.2, 0.25) is 0 Å². The molecule has 1 saturated carbocycles. The summed E-state index contributed by atoms with van der Waals surface area (Å²) in [6.45, 7) is 2.82. The summed E-state index contributed by atoms with van der Waals surface area (Å²) in [5, 5.41) is 10.3. The van der Waals surface area contributed by atoms with Crippen molar-refractivity contribution in [3.8, 4) is 0 Å². The van der Waals surface area contributed by atoms with Gasteiger partial charge in [0.15, 0.2) is 10.3 Å². The first kappa shape index (κ1) is 12.6. The number of carbonyl (C=O) groups is 1. The van der Waals surface area contributed by atoms with Crippen molar-refractivity contribution < 1.29 is 4.79 Å². The molecule has 0 atom stereocenters. The van der Waals surface area contributed by atoms with E-state index in [0.29, 0.717) is 6.54 Å². The van der Waals surface area contributed by atoms with E-state index in [-0.39, 0.29) is 27.2 Å². The quantitative estimate of drug-likeness (QED) is 0.922. The largest absolute Gasteiger partial charge is 0.351 e. The summed E-state index contributed by atoms with van der Waals surface area (Å²) in [4.78, 5) is 11.9. The number of carbonyl (C=O) groups excluding carboxylic acids is 1. The van der Waals surface area contributed by atoms with Crippen molar-refractivity contribution in [2.24, 2.45) is 5.41 Å². The predicted octanol–water partition coefficient (Wildman–Crippen LogP) is 2.70. The van der Waals surface area contributed by atoms with E-state index in [1.165, 1.54) is 12.5 Å². The van der Waals surface area contributed by atoms with E-state index in [0.717, 1.165) is 12.8 Å². The highest BCUT2D eigenvalue weighted by Gasteiger charge is 2.32. The number of rotatable bonds is 3. The summed E-state index contributed by atoms with van der Waals surface area (Å²) in [6.07, 6.45) is 3.53. The minimum atomic E-state index is -0.250. The fourth-order valence-electron chi connectivity index (χ4n) is 1.86. The third-order valence-corrected chi connectivity index (χ3v) is 3.66. The van der Waals surface area contributed by atoms with Crippen molar-refractivity contribution >= 4 is 29.1 Å². The molecule has 1 heterocycles. The zero-order chi connectivity index (χ0) is 12.5. The maximum absolute atomic E-state index is 11.9. The normalized spacial score (nSPS) is 17.4. The minimum absolute atomic E-state index is 0.0747. The Morgan fingerprint density at radius 1 is 1.47 bits per heavy atom. The molecule has 1 fully saturated rings. The summed E-state index contributed by atoms with van der Waals surface area (Å²) in [7, 11) is 0. The van der Waals surface area contributed by atoms with Crippen molar-refractivity contribution in [1.29, 1.82) is 0 Å². The number of nitrogens with zero attached hydrogens (tertiary/aromatic N) is 2.